The first-order valence-electron chi connectivity index (χ1n) is 6.46. The largest absolute Gasteiger partial charge is 0.375 e. The average Bonchev–Trinajstić information content (AvgIpc) is 2.87. The van der Waals surface area contributed by atoms with Crippen molar-refractivity contribution >= 4 is 17.3 Å². The van der Waals surface area contributed by atoms with Crippen LogP contribution in [0.25, 0.3) is 0 Å². The molecular weight excluding hydrogens is 260 g/mol. The molecule has 19 heavy (non-hydrogen) atoms. The highest BCUT2D eigenvalue weighted by Gasteiger charge is 2.14. The molecule has 1 aromatic heterocycles. The van der Waals surface area contributed by atoms with Gasteiger partial charge in [0.1, 0.15) is 0 Å². The zero-order valence-corrected chi connectivity index (χ0v) is 11.8. The Morgan fingerprint density at radius 2 is 2.11 bits per heavy atom. The predicted octanol–water partition coefficient (Wildman–Crippen LogP) is 3.06. The summed E-state index contributed by atoms with van der Waals surface area (Å²) in [7, 11) is 0. The second kappa shape index (κ2) is 6.59. The standard InChI is InChI=1S/C14H19ClN4/c1-2-7-19-10-17-9-14(19)13(8-16)18-12-5-3-11(15)4-6-12/h3-6,9-10,13,18H,2,7-8,16H2,1H3. The van der Waals surface area contributed by atoms with Gasteiger partial charge in [0, 0.05) is 23.8 Å². The molecule has 3 N–H and O–H groups in total. The summed E-state index contributed by atoms with van der Waals surface area (Å²) in [6, 6.07) is 7.67. The van der Waals surface area contributed by atoms with E-state index in [9.17, 15) is 0 Å². The van der Waals surface area contributed by atoms with Gasteiger partial charge in [-0.2, -0.15) is 0 Å². The van der Waals surface area contributed by atoms with Gasteiger partial charge >= 0.3 is 0 Å². The van der Waals surface area contributed by atoms with Crippen LogP contribution in [-0.2, 0) is 6.54 Å². The molecule has 0 aliphatic carbocycles. The summed E-state index contributed by atoms with van der Waals surface area (Å²) >= 11 is 5.88. The molecule has 0 aliphatic heterocycles. The molecule has 4 nitrogen and oxygen atoms in total. The van der Waals surface area contributed by atoms with E-state index in [1.54, 1.807) is 0 Å². The molecule has 0 saturated carbocycles. The summed E-state index contributed by atoms with van der Waals surface area (Å²) in [6.45, 7) is 3.61. The molecule has 1 heterocycles. The number of nitrogens with zero attached hydrogens (tertiary/aromatic N) is 2. The van der Waals surface area contributed by atoms with Crippen molar-refractivity contribution in [3.63, 3.8) is 0 Å². The van der Waals surface area contributed by atoms with E-state index in [1.165, 1.54) is 0 Å². The molecule has 0 amide bonds. The van der Waals surface area contributed by atoms with Crippen molar-refractivity contribution in [1.29, 1.82) is 0 Å². The van der Waals surface area contributed by atoms with Gasteiger partial charge in [-0.1, -0.05) is 18.5 Å². The molecule has 1 aromatic carbocycles. The Bertz CT molecular complexity index is 506. The predicted molar refractivity (Wildman–Crippen MR) is 79.4 cm³/mol. The maximum Gasteiger partial charge on any atom is 0.0948 e. The van der Waals surface area contributed by atoms with Crippen molar-refractivity contribution in [1.82, 2.24) is 9.55 Å². The van der Waals surface area contributed by atoms with E-state index in [0.29, 0.717) is 6.54 Å². The third kappa shape index (κ3) is 3.49. The Morgan fingerprint density at radius 3 is 2.74 bits per heavy atom. The second-order valence-electron chi connectivity index (χ2n) is 4.45. The van der Waals surface area contributed by atoms with E-state index in [1.807, 2.05) is 36.8 Å². The van der Waals surface area contributed by atoms with Gasteiger partial charge in [-0.05, 0) is 30.7 Å². The average molecular weight is 279 g/mol. The monoisotopic (exact) mass is 278 g/mol. The highest BCUT2D eigenvalue weighted by atomic mass is 35.5. The number of hydrogen-bond donors (Lipinski definition) is 2. The number of halogens is 1. The van der Waals surface area contributed by atoms with Crippen molar-refractivity contribution in [2.45, 2.75) is 25.9 Å². The van der Waals surface area contributed by atoms with E-state index in [2.05, 4.69) is 21.8 Å². The molecule has 102 valence electrons. The van der Waals surface area contributed by atoms with E-state index < -0.39 is 0 Å². The fraction of sp³-hybridized carbons (Fsp3) is 0.357. The molecule has 0 spiro atoms. The van der Waals surface area contributed by atoms with Gasteiger partial charge < -0.3 is 15.6 Å². The van der Waals surface area contributed by atoms with Crippen molar-refractivity contribution < 1.29 is 0 Å². The summed E-state index contributed by atoms with van der Waals surface area (Å²) < 4.78 is 2.14. The number of nitrogens with two attached hydrogens (primary N) is 1. The summed E-state index contributed by atoms with van der Waals surface area (Å²) in [6.07, 6.45) is 4.79. The maximum absolute atomic E-state index is 5.88. The fourth-order valence-electron chi connectivity index (χ4n) is 2.05. The number of anilines is 1. The fourth-order valence-corrected chi connectivity index (χ4v) is 2.18. The summed E-state index contributed by atoms with van der Waals surface area (Å²) in [5.74, 6) is 0. The number of rotatable bonds is 6. The van der Waals surface area contributed by atoms with Gasteiger partial charge in [-0.3, -0.25) is 0 Å². The van der Waals surface area contributed by atoms with Gasteiger partial charge in [0.15, 0.2) is 0 Å². The Hall–Kier alpha value is -1.52. The first-order chi connectivity index (χ1) is 9.24. The van der Waals surface area contributed by atoms with E-state index in [0.717, 1.165) is 29.4 Å². The SMILES string of the molecule is CCCn1cncc1C(CN)Nc1ccc(Cl)cc1. The molecule has 2 rings (SSSR count). The van der Waals surface area contributed by atoms with Crippen LogP contribution in [0.3, 0.4) is 0 Å². The molecule has 0 saturated heterocycles. The lowest BCUT2D eigenvalue weighted by Gasteiger charge is -2.19. The van der Waals surface area contributed by atoms with Crippen LogP contribution in [0.1, 0.15) is 25.1 Å². The Morgan fingerprint density at radius 1 is 1.37 bits per heavy atom. The number of imidazole rings is 1. The van der Waals surface area contributed by atoms with Crippen LogP contribution in [0.2, 0.25) is 5.02 Å². The molecule has 0 aliphatic rings. The minimum absolute atomic E-state index is 0.0511. The molecule has 1 atom stereocenters. The third-order valence-electron chi connectivity index (χ3n) is 2.99. The zero-order chi connectivity index (χ0) is 13.7. The highest BCUT2D eigenvalue weighted by molar-refractivity contribution is 6.30. The zero-order valence-electron chi connectivity index (χ0n) is 11.0. The molecule has 0 fully saturated rings. The smallest absolute Gasteiger partial charge is 0.0948 e. The van der Waals surface area contributed by atoms with Gasteiger partial charge in [0.2, 0.25) is 0 Å². The van der Waals surface area contributed by atoms with E-state index in [-0.39, 0.29) is 6.04 Å². The van der Waals surface area contributed by atoms with Gasteiger partial charge in [0.05, 0.1) is 24.3 Å². The maximum atomic E-state index is 5.88. The lowest BCUT2D eigenvalue weighted by Crippen LogP contribution is -2.23. The Kier molecular flexibility index (Phi) is 4.82. The molecule has 1 unspecified atom stereocenters. The number of aryl methyl sites for hydroxylation is 1. The van der Waals surface area contributed by atoms with Gasteiger partial charge in [-0.25, -0.2) is 4.98 Å². The first kappa shape index (κ1) is 13.9. The van der Waals surface area contributed by atoms with E-state index >= 15 is 0 Å². The quantitative estimate of drug-likeness (QED) is 0.854. The lowest BCUT2D eigenvalue weighted by atomic mass is 10.2. The van der Waals surface area contributed by atoms with Crippen LogP contribution in [-0.4, -0.2) is 16.1 Å². The topological polar surface area (TPSA) is 55.9 Å². The molecule has 2 aromatic rings. The second-order valence-corrected chi connectivity index (χ2v) is 4.89. The third-order valence-corrected chi connectivity index (χ3v) is 3.24. The van der Waals surface area contributed by atoms with Crippen LogP contribution in [0.4, 0.5) is 5.69 Å². The molecular formula is C14H19ClN4. The van der Waals surface area contributed by atoms with Crippen molar-refractivity contribution in [3.8, 4) is 0 Å². The minimum Gasteiger partial charge on any atom is -0.375 e. The summed E-state index contributed by atoms with van der Waals surface area (Å²) in [4.78, 5) is 4.21. The minimum atomic E-state index is 0.0511. The molecule has 0 radical (unpaired) electrons. The van der Waals surface area contributed by atoms with Crippen molar-refractivity contribution in [2.24, 2.45) is 5.73 Å². The van der Waals surface area contributed by atoms with Crippen LogP contribution in [0, 0.1) is 0 Å². The number of benzene rings is 1. The normalized spacial score (nSPS) is 12.4. The van der Waals surface area contributed by atoms with Crippen molar-refractivity contribution in [3.05, 3.63) is 47.5 Å². The first-order valence-corrected chi connectivity index (χ1v) is 6.84. The summed E-state index contributed by atoms with van der Waals surface area (Å²) in [5, 5.41) is 4.14. The van der Waals surface area contributed by atoms with Crippen LogP contribution in [0.15, 0.2) is 36.8 Å². The molecule has 5 heteroatoms. The number of nitrogens with one attached hydrogen (secondary N) is 1. The number of hydrogen-bond acceptors (Lipinski definition) is 3. The highest BCUT2D eigenvalue weighted by Crippen LogP contribution is 2.20. The molecule has 0 bridgehead atoms. The summed E-state index contributed by atoms with van der Waals surface area (Å²) in [5.41, 5.74) is 7.99. The lowest BCUT2D eigenvalue weighted by molar-refractivity contribution is 0.613. The van der Waals surface area contributed by atoms with Crippen LogP contribution in [0.5, 0.6) is 0 Å². The number of aromatic nitrogens is 2. The van der Waals surface area contributed by atoms with Crippen LogP contribution >= 0.6 is 11.6 Å². The van der Waals surface area contributed by atoms with Crippen molar-refractivity contribution in [2.75, 3.05) is 11.9 Å². The van der Waals surface area contributed by atoms with E-state index in [4.69, 9.17) is 17.3 Å². The Balaban J connectivity index is 2.15. The van der Waals surface area contributed by atoms with Crippen LogP contribution < -0.4 is 11.1 Å². The van der Waals surface area contributed by atoms with Gasteiger partial charge in [-0.15, -0.1) is 0 Å². The van der Waals surface area contributed by atoms with Gasteiger partial charge in [0.25, 0.3) is 0 Å². The Labute approximate surface area is 118 Å².